The van der Waals surface area contributed by atoms with Crippen molar-refractivity contribution >= 4 is 11.9 Å². The summed E-state index contributed by atoms with van der Waals surface area (Å²) in [6.07, 6.45) is 1.97. The lowest BCUT2D eigenvalue weighted by molar-refractivity contribution is -0.141. The van der Waals surface area contributed by atoms with Crippen LogP contribution in [0.25, 0.3) is 0 Å². The minimum atomic E-state index is -0.883. The van der Waals surface area contributed by atoms with E-state index in [0.717, 1.165) is 13.0 Å². The van der Waals surface area contributed by atoms with E-state index in [2.05, 4.69) is 38.0 Å². The molecule has 0 aliphatic carbocycles. The number of hydrogen-bond acceptors (Lipinski definition) is 6. The van der Waals surface area contributed by atoms with Gasteiger partial charge in [-0.25, -0.2) is 0 Å². The number of ether oxygens (including phenoxy) is 1. The average Bonchev–Trinajstić information content (AvgIpc) is 2.62. The van der Waals surface area contributed by atoms with Crippen molar-refractivity contribution in [1.29, 1.82) is 0 Å². The average molecular weight is 432 g/mol. The molecule has 3 N–H and O–H groups in total. The van der Waals surface area contributed by atoms with Gasteiger partial charge in [0.05, 0.1) is 19.8 Å². The number of aliphatic hydroxyl groups excluding tert-OH is 1. The number of amides is 1. The molecule has 0 aliphatic rings. The van der Waals surface area contributed by atoms with Crippen LogP contribution in [0.3, 0.4) is 0 Å². The van der Waals surface area contributed by atoms with E-state index in [1.807, 2.05) is 25.7 Å². The highest BCUT2D eigenvalue weighted by atomic mass is 16.5. The fourth-order valence-electron chi connectivity index (χ4n) is 2.83. The molecular formula is C22H45N3O5. The van der Waals surface area contributed by atoms with Gasteiger partial charge in [0.2, 0.25) is 5.91 Å². The topological polar surface area (TPSA) is 102 Å². The van der Waals surface area contributed by atoms with Crippen molar-refractivity contribution in [3.63, 3.8) is 0 Å². The van der Waals surface area contributed by atoms with E-state index in [4.69, 9.17) is 9.84 Å². The maximum Gasteiger partial charge on any atom is 0.320 e. The van der Waals surface area contributed by atoms with Gasteiger partial charge in [-0.1, -0.05) is 20.8 Å². The summed E-state index contributed by atoms with van der Waals surface area (Å²) in [5.74, 6) is -0.759. The van der Waals surface area contributed by atoms with Crippen molar-refractivity contribution in [3.8, 4) is 0 Å². The summed E-state index contributed by atoms with van der Waals surface area (Å²) in [5.41, 5.74) is -0.405. The van der Waals surface area contributed by atoms with E-state index in [0.29, 0.717) is 39.1 Å². The van der Waals surface area contributed by atoms with Crippen molar-refractivity contribution in [3.05, 3.63) is 0 Å². The Bertz CT molecular complexity index is 500. The Balaban J connectivity index is 4.59. The molecule has 0 saturated heterocycles. The van der Waals surface area contributed by atoms with E-state index in [-0.39, 0.29) is 24.7 Å². The lowest BCUT2D eigenvalue weighted by Gasteiger charge is -2.35. The number of carbonyl (C=O) groups is 2. The molecule has 8 heteroatoms. The second-order valence-electron chi connectivity index (χ2n) is 9.81. The van der Waals surface area contributed by atoms with E-state index in [1.54, 1.807) is 0 Å². The molecule has 0 bridgehead atoms. The van der Waals surface area contributed by atoms with Crippen molar-refractivity contribution in [1.82, 2.24) is 15.1 Å². The van der Waals surface area contributed by atoms with Crippen molar-refractivity contribution < 1.29 is 24.5 Å². The monoisotopic (exact) mass is 431 g/mol. The molecule has 0 rings (SSSR count). The third kappa shape index (κ3) is 12.5. The summed E-state index contributed by atoms with van der Waals surface area (Å²) >= 11 is 0. The number of likely N-dealkylation sites (N-methyl/N-ethyl adjacent to an activating group) is 1. The summed E-state index contributed by atoms with van der Waals surface area (Å²) in [7, 11) is 2.06. The zero-order chi connectivity index (χ0) is 23.4. The Kier molecular flexibility index (Phi) is 13.4. The van der Waals surface area contributed by atoms with Gasteiger partial charge in [-0.3, -0.25) is 14.5 Å². The highest BCUT2D eigenvalue weighted by Gasteiger charge is 2.28. The van der Waals surface area contributed by atoms with Gasteiger partial charge < -0.3 is 25.2 Å². The third-order valence-corrected chi connectivity index (χ3v) is 5.12. The summed E-state index contributed by atoms with van der Waals surface area (Å²) in [6, 6.07) is -0.637. The maximum absolute atomic E-state index is 12.9. The predicted molar refractivity (Wildman–Crippen MR) is 120 cm³/mol. The number of rotatable bonds is 15. The fourth-order valence-corrected chi connectivity index (χ4v) is 2.83. The van der Waals surface area contributed by atoms with Gasteiger partial charge in [0, 0.05) is 37.1 Å². The molecule has 0 saturated carbocycles. The van der Waals surface area contributed by atoms with Gasteiger partial charge in [0.1, 0.15) is 6.04 Å². The van der Waals surface area contributed by atoms with Crippen molar-refractivity contribution in [2.75, 3.05) is 53.0 Å². The van der Waals surface area contributed by atoms with E-state index in [1.165, 1.54) is 0 Å². The lowest BCUT2D eigenvalue weighted by Crippen LogP contribution is -2.47. The Labute approximate surface area is 182 Å². The third-order valence-electron chi connectivity index (χ3n) is 5.12. The Morgan fingerprint density at radius 3 is 2.13 bits per heavy atom. The second-order valence-corrected chi connectivity index (χ2v) is 9.81. The molecule has 30 heavy (non-hydrogen) atoms. The van der Waals surface area contributed by atoms with Crippen molar-refractivity contribution in [2.45, 2.75) is 72.4 Å². The first-order valence-electron chi connectivity index (χ1n) is 11.0. The summed E-state index contributed by atoms with van der Waals surface area (Å²) < 4.78 is 5.14. The first-order valence-corrected chi connectivity index (χ1v) is 11.0. The predicted octanol–water partition coefficient (Wildman–Crippen LogP) is 1.81. The fraction of sp³-hybridized carbons (Fsp3) is 0.909. The van der Waals surface area contributed by atoms with Crippen LogP contribution in [0.4, 0.5) is 0 Å². The Morgan fingerprint density at radius 2 is 1.63 bits per heavy atom. The first-order chi connectivity index (χ1) is 13.8. The zero-order valence-corrected chi connectivity index (χ0v) is 20.2. The number of aliphatic hydroxyl groups is 1. The van der Waals surface area contributed by atoms with Gasteiger partial charge in [-0.05, 0) is 47.1 Å². The zero-order valence-electron chi connectivity index (χ0n) is 20.2. The number of carboxylic acid groups (broad SMARTS) is 1. The van der Waals surface area contributed by atoms with Crippen LogP contribution in [0, 0.1) is 5.41 Å². The number of aliphatic carboxylic acids is 1. The molecule has 1 amide bonds. The highest BCUT2D eigenvalue weighted by Crippen LogP contribution is 2.19. The smallest absolute Gasteiger partial charge is 0.320 e. The number of nitrogens with zero attached hydrogens (tertiary/aromatic N) is 2. The minimum absolute atomic E-state index is 0.0394. The number of unbranched alkanes of at least 4 members (excludes halogenated alkanes) is 1. The molecule has 0 aromatic carbocycles. The van der Waals surface area contributed by atoms with Crippen LogP contribution in [0.5, 0.6) is 0 Å². The number of carboxylic acids is 1. The molecule has 0 aliphatic heterocycles. The molecule has 0 aromatic rings. The number of nitrogens with one attached hydrogen (secondary N) is 1. The summed E-state index contributed by atoms with van der Waals surface area (Å²) in [5, 5.41) is 21.0. The van der Waals surface area contributed by atoms with Gasteiger partial charge in [-0.2, -0.15) is 0 Å². The molecule has 8 nitrogen and oxygen atoms in total. The molecule has 0 spiro atoms. The SMILES string of the molecule is CN(CCN(CCCC[C@H](NCCOCCO)C(=O)O)C(=O)C(C)(C)C)C(C)(C)C. The van der Waals surface area contributed by atoms with Crippen LogP contribution in [0.15, 0.2) is 0 Å². The highest BCUT2D eigenvalue weighted by molar-refractivity contribution is 5.81. The standard InChI is InChI=1S/C22H45N3O5/c1-21(2,3)20(29)25(14-13-24(7)22(4,5)6)12-9-8-10-18(19(27)28)23-11-16-30-17-15-26/h18,23,26H,8-17H2,1-7H3,(H,27,28)/t18-/m0/s1. The van der Waals surface area contributed by atoms with Gasteiger partial charge >= 0.3 is 5.97 Å². The molecule has 0 fully saturated rings. The van der Waals surface area contributed by atoms with E-state index < -0.39 is 17.4 Å². The normalized spacial score (nSPS) is 13.5. The van der Waals surface area contributed by atoms with Crippen LogP contribution in [0.1, 0.15) is 60.8 Å². The Morgan fingerprint density at radius 1 is 1.00 bits per heavy atom. The quantitative estimate of drug-likeness (QED) is 0.340. The molecule has 0 radical (unpaired) electrons. The molecule has 0 aromatic heterocycles. The Hall–Kier alpha value is -1.22. The van der Waals surface area contributed by atoms with E-state index >= 15 is 0 Å². The number of carbonyl (C=O) groups excluding carboxylic acids is 1. The number of hydrogen-bond donors (Lipinski definition) is 3. The molecule has 0 unspecified atom stereocenters. The van der Waals surface area contributed by atoms with Crippen LogP contribution < -0.4 is 5.32 Å². The molecule has 178 valence electrons. The molecule has 0 heterocycles. The molecule has 1 atom stereocenters. The van der Waals surface area contributed by atoms with Crippen LogP contribution in [-0.2, 0) is 14.3 Å². The van der Waals surface area contributed by atoms with Gasteiger partial charge in [0.25, 0.3) is 0 Å². The summed E-state index contributed by atoms with van der Waals surface area (Å²) in [6.45, 7) is 15.3. The van der Waals surface area contributed by atoms with Crippen molar-refractivity contribution in [2.24, 2.45) is 5.41 Å². The van der Waals surface area contributed by atoms with Gasteiger partial charge in [-0.15, -0.1) is 0 Å². The summed E-state index contributed by atoms with van der Waals surface area (Å²) in [4.78, 5) is 28.5. The van der Waals surface area contributed by atoms with Crippen LogP contribution in [0.2, 0.25) is 0 Å². The largest absolute Gasteiger partial charge is 0.480 e. The van der Waals surface area contributed by atoms with E-state index in [9.17, 15) is 14.7 Å². The minimum Gasteiger partial charge on any atom is -0.480 e. The maximum atomic E-state index is 12.9. The first kappa shape index (κ1) is 28.8. The van der Waals surface area contributed by atoms with Gasteiger partial charge in [0.15, 0.2) is 0 Å². The lowest BCUT2D eigenvalue weighted by atomic mass is 9.94. The van der Waals surface area contributed by atoms with Crippen LogP contribution >= 0.6 is 0 Å². The van der Waals surface area contributed by atoms with Crippen LogP contribution in [-0.4, -0.2) is 96.5 Å². The molecular weight excluding hydrogens is 386 g/mol. The second kappa shape index (κ2) is 14.0.